The number of ether oxygens (including phenoxy) is 1. The van der Waals surface area contributed by atoms with E-state index in [0.717, 1.165) is 24.9 Å². The van der Waals surface area contributed by atoms with Gasteiger partial charge in [0.25, 0.3) is 5.91 Å². The number of benzene rings is 1. The minimum Gasteiger partial charge on any atom is -0.444 e. The molecule has 32 heavy (non-hydrogen) atoms. The second-order valence-corrected chi connectivity index (χ2v) is 8.80. The average molecular weight is 448 g/mol. The summed E-state index contributed by atoms with van der Waals surface area (Å²) in [5, 5.41) is 6.52. The molecule has 8 nitrogen and oxygen atoms in total. The van der Waals surface area contributed by atoms with Crippen molar-refractivity contribution < 1.29 is 14.3 Å². The molecule has 1 aromatic rings. The van der Waals surface area contributed by atoms with E-state index in [9.17, 15) is 9.59 Å². The summed E-state index contributed by atoms with van der Waals surface area (Å²) < 4.78 is 5.50. The smallest absolute Gasteiger partial charge is 0.410 e. The molecule has 0 fully saturated rings. The summed E-state index contributed by atoms with van der Waals surface area (Å²) in [6.45, 7) is 12.7. The number of carbonyl (C=O) groups is 2. The molecule has 0 aromatic heterocycles. The molecule has 1 rings (SSSR count). The van der Waals surface area contributed by atoms with E-state index in [2.05, 4.69) is 15.6 Å². The summed E-state index contributed by atoms with van der Waals surface area (Å²) in [7, 11) is 3.50. The summed E-state index contributed by atoms with van der Waals surface area (Å²) in [4.78, 5) is 32.5. The fraction of sp³-hybridized carbons (Fsp3) is 0.625. The zero-order valence-corrected chi connectivity index (χ0v) is 20.8. The quantitative estimate of drug-likeness (QED) is 0.425. The van der Waals surface area contributed by atoms with Gasteiger partial charge in [0.15, 0.2) is 5.96 Å². The standard InChI is InChI=1S/C24H41N5O3/c1-8-16-29(23(31)32-24(3,4)5)17-15-27-22(25-9-2)26-14-13-19-11-10-12-20(18-19)21(30)28(6)7/h10-12,18H,8-9,13-17H2,1-7H3,(H2,25,26,27). The lowest BCUT2D eigenvalue weighted by molar-refractivity contribution is 0.0253. The molecule has 0 aliphatic carbocycles. The Hall–Kier alpha value is -2.77. The number of rotatable bonds is 10. The molecule has 0 saturated heterocycles. The van der Waals surface area contributed by atoms with Crippen LogP contribution in [0.4, 0.5) is 4.79 Å². The first kappa shape index (κ1) is 27.3. The Morgan fingerprint density at radius 2 is 1.81 bits per heavy atom. The van der Waals surface area contributed by atoms with E-state index in [1.165, 1.54) is 0 Å². The fourth-order valence-corrected chi connectivity index (χ4v) is 2.96. The van der Waals surface area contributed by atoms with Crippen LogP contribution in [0.25, 0.3) is 0 Å². The van der Waals surface area contributed by atoms with Gasteiger partial charge in [-0.05, 0) is 58.2 Å². The topological polar surface area (TPSA) is 86.3 Å². The van der Waals surface area contributed by atoms with Crippen LogP contribution in [0.15, 0.2) is 29.3 Å². The summed E-state index contributed by atoms with van der Waals surface area (Å²) in [5.74, 6) is 0.695. The lowest BCUT2D eigenvalue weighted by Crippen LogP contribution is -2.44. The maximum Gasteiger partial charge on any atom is 0.410 e. The van der Waals surface area contributed by atoms with Gasteiger partial charge in [0.05, 0.1) is 0 Å². The Balaban J connectivity index is 2.64. The Bertz CT molecular complexity index is 756. The van der Waals surface area contributed by atoms with Crippen molar-refractivity contribution in [1.29, 1.82) is 0 Å². The summed E-state index contributed by atoms with van der Waals surface area (Å²) >= 11 is 0. The van der Waals surface area contributed by atoms with Gasteiger partial charge in [-0.3, -0.25) is 9.79 Å². The van der Waals surface area contributed by atoms with Crippen molar-refractivity contribution in [2.45, 2.75) is 53.1 Å². The van der Waals surface area contributed by atoms with Crippen molar-refractivity contribution in [2.24, 2.45) is 4.99 Å². The molecule has 2 amide bonds. The van der Waals surface area contributed by atoms with E-state index in [1.807, 2.05) is 58.9 Å². The molecule has 0 spiro atoms. The van der Waals surface area contributed by atoms with Crippen molar-refractivity contribution in [3.8, 4) is 0 Å². The molecule has 0 atom stereocenters. The van der Waals surface area contributed by atoms with Crippen LogP contribution in [0.3, 0.4) is 0 Å². The molecular formula is C24H41N5O3. The highest BCUT2D eigenvalue weighted by atomic mass is 16.6. The van der Waals surface area contributed by atoms with Crippen LogP contribution < -0.4 is 10.6 Å². The minimum atomic E-state index is -0.513. The monoisotopic (exact) mass is 447 g/mol. The first-order chi connectivity index (χ1) is 15.1. The Labute approximate surface area is 193 Å². The zero-order chi connectivity index (χ0) is 24.1. The number of amides is 2. The van der Waals surface area contributed by atoms with Gasteiger partial charge in [-0.2, -0.15) is 0 Å². The van der Waals surface area contributed by atoms with Crippen LogP contribution in [0.1, 0.15) is 57.0 Å². The zero-order valence-electron chi connectivity index (χ0n) is 20.8. The molecule has 0 heterocycles. The molecule has 0 unspecified atom stereocenters. The average Bonchev–Trinajstić information content (AvgIpc) is 2.71. The van der Waals surface area contributed by atoms with E-state index in [0.29, 0.717) is 37.7 Å². The van der Waals surface area contributed by atoms with E-state index < -0.39 is 5.60 Å². The second kappa shape index (κ2) is 13.6. The van der Waals surface area contributed by atoms with Gasteiger partial charge < -0.3 is 25.2 Å². The number of nitrogens with one attached hydrogen (secondary N) is 2. The van der Waals surface area contributed by atoms with Crippen molar-refractivity contribution in [3.63, 3.8) is 0 Å². The maximum atomic E-state index is 12.4. The third-order valence-corrected chi connectivity index (χ3v) is 4.41. The third-order valence-electron chi connectivity index (χ3n) is 4.41. The van der Waals surface area contributed by atoms with Crippen LogP contribution in [0.2, 0.25) is 0 Å². The lowest BCUT2D eigenvalue weighted by atomic mass is 10.1. The normalized spacial score (nSPS) is 11.7. The van der Waals surface area contributed by atoms with E-state index in [-0.39, 0.29) is 12.0 Å². The highest BCUT2D eigenvalue weighted by Crippen LogP contribution is 2.10. The summed E-state index contributed by atoms with van der Waals surface area (Å²) in [6, 6.07) is 7.65. The largest absolute Gasteiger partial charge is 0.444 e. The number of nitrogens with zero attached hydrogens (tertiary/aromatic N) is 3. The van der Waals surface area contributed by atoms with Gasteiger partial charge >= 0.3 is 6.09 Å². The Kier molecular flexibility index (Phi) is 11.6. The summed E-state index contributed by atoms with van der Waals surface area (Å²) in [6.07, 6.45) is 1.29. The lowest BCUT2D eigenvalue weighted by Gasteiger charge is -2.27. The fourth-order valence-electron chi connectivity index (χ4n) is 2.96. The van der Waals surface area contributed by atoms with Crippen molar-refractivity contribution in [2.75, 3.05) is 46.8 Å². The van der Waals surface area contributed by atoms with Gasteiger partial charge in [0.1, 0.15) is 5.60 Å². The molecule has 0 aliphatic rings. The minimum absolute atomic E-state index is 0.00743. The molecule has 0 saturated carbocycles. The molecule has 0 bridgehead atoms. The molecular weight excluding hydrogens is 406 g/mol. The highest BCUT2D eigenvalue weighted by Gasteiger charge is 2.21. The van der Waals surface area contributed by atoms with Crippen LogP contribution in [-0.2, 0) is 11.2 Å². The van der Waals surface area contributed by atoms with Crippen molar-refractivity contribution >= 4 is 18.0 Å². The van der Waals surface area contributed by atoms with Gasteiger partial charge in [-0.1, -0.05) is 19.1 Å². The molecule has 180 valence electrons. The maximum absolute atomic E-state index is 12.4. The molecule has 2 N–H and O–H groups in total. The number of hydrogen-bond donors (Lipinski definition) is 2. The van der Waals surface area contributed by atoms with Gasteiger partial charge in [0.2, 0.25) is 0 Å². The van der Waals surface area contributed by atoms with Crippen molar-refractivity contribution in [1.82, 2.24) is 20.4 Å². The number of aliphatic imine (C=N–C) groups is 1. The van der Waals surface area contributed by atoms with Crippen molar-refractivity contribution in [3.05, 3.63) is 35.4 Å². The molecule has 8 heteroatoms. The first-order valence-electron chi connectivity index (χ1n) is 11.4. The van der Waals surface area contributed by atoms with Gasteiger partial charge in [-0.25, -0.2) is 4.79 Å². The van der Waals surface area contributed by atoms with E-state index >= 15 is 0 Å². The highest BCUT2D eigenvalue weighted by molar-refractivity contribution is 5.94. The third kappa shape index (κ3) is 10.5. The van der Waals surface area contributed by atoms with E-state index in [4.69, 9.17) is 4.74 Å². The van der Waals surface area contributed by atoms with E-state index in [1.54, 1.807) is 23.9 Å². The van der Waals surface area contributed by atoms with Crippen LogP contribution >= 0.6 is 0 Å². The predicted molar refractivity (Wildman–Crippen MR) is 130 cm³/mol. The number of hydrogen-bond acceptors (Lipinski definition) is 4. The SMILES string of the molecule is CCCN(CCNC(=NCCc1cccc(C(=O)N(C)C)c1)NCC)C(=O)OC(C)(C)C. The number of guanidine groups is 1. The van der Waals surface area contributed by atoms with Crippen LogP contribution in [0, 0.1) is 0 Å². The first-order valence-corrected chi connectivity index (χ1v) is 11.4. The second-order valence-electron chi connectivity index (χ2n) is 8.80. The molecule has 1 aromatic carbocycles. The van der Waals surface area contributed by atoms with Gasteiger partial charge in [-0.15, -0.1) is 0 Å². The Morgan fingerprint density at radius 3 is 2.41 bits per heavy atom. The number of carbonyl (C=O) groups excluding carboxylic acids is 2. The van der Waals surface area contributed by atoms with Gasteiger partial charge in [0, 0.05) is 52.4 Å². The predicted octanol–water partition coefficient (Wildman–Crippen LogP) is 3.13. The molecule has 0 aliphatic heterocycles. The Morgan fingerprint density at radius 1 is 1.09 bits per heavy atom. The molecule has 0 radical (unpaired) electrons. The van der Waals surface area contributed by atoms with Crippen LogP contribution in [-0.4, -0.2) is 80.2 Å². The van der Waals surface area contributed by atoms with Crippen LogP contribution in [0.5, 0.6) is 0 Å². The summed E-state index contributed by atoms with van der Waals surface area (Å²) in [5.41, 5.74) is 1.23.